The predicted octanol–water partition coefficient (Wildman–Crippen LogP) is 3.85. The highest BCUT2D eigenvalue weighted by molar-refractivity contribution is 6.31. The van der Waals surface area contributed by atoms with E-state index < -0.39 is 0 Å². The molecule has 1 heterocycles. The SMILES string of the molecule is CCc1nn(CC)c(CC=CCCCl)c1Cl. The van der Waals surface area contributed by atoms with E-state index in [9.17, 15) is 0 Å². The van der Waals surface area contributed by atoms with E-state index >= 15 is 0 Å². The van der Waals surface area contributed by atoms with E-state index in [1.807, 2.05) is 4.68 Å². The van der Waals surface area contributed by atoms with Crippen LogP contribution in [0, 0.1) is 0 Å². The number of hydrogen-bond acceptors (Lipinski definition) is 1. The Bertz CT molecular complexity index is 356. The van der Waals surface area contributed by atoms with Gasteiger partial charge < -0.3 is 0 Å². The molecule has 0 unspecified atom stereocenters. The molecule has 4 heteroatoms. The number of allylic oxidation sites excluding steroid dienone is 2. The number of halogens is 2. The highest BCUT2D eigenvalue weighted by atomic mass is 35.5. The minimum absolute atomic E-state index is 0.664. The van der Waals surface area contributed by atoms with Crippen LogP contribution in [0.1, 0.15) is 31.7 Å². The van der Waals surface area contributed by atoms with Gasteiger partial charge in [-0.1, -0.05) is 30.7 Å². The van der Waals surface area contributed by atoms with Crippen LogP contribution in [0.4, 0.5) is 0 Å². The molecule has 1 aromatic heterocycles. The Morgan fingerprint density at radius 2 is 2.06 bits per heavy atom. The van der Waals surface area contributed by atoms with E-state index in [4.69, 9.17) is 23.2 Å². The average Bonchev–Trinajstić information content (AvgIpc) is 2.61. The van der Waals surface area contributed by atoms with Crippen molar-refractivity contribution in [2.45, 2.75) is 39.7 Å². The van der Waals surface area contributed by atoms with Crippen molar-refractivity contribution in [3.63, 3.8) is 0 Å². The first-order valence-electron chi connectivity index (χ1n) is 5.69. The average molecular weight is 261 g/mol. The van der Waals surface area contributed by atoms with Crippen molar-refractivity contribution in [2.75, 3.05) is 5.88 Å². The quantitative estimate of drug-likeness (QED) is 0.562. The van der Waals surface area contributed by atoms with Crippen LogP contribution in [0.2, 0.25) is 5.02 Å². The summed E-state index contributed by atoms with van der Waals surface area (Å²) >= 11 is 11.9. The molecular formula is C12H18Cl2N2. The molecule has 0 N–H and O–H groups in total. The lowest BCUT2D eigenvalue weighted by Crippen LogP contribution is -2.02. The number of nitrogens with zero attached hydrogens (tertiary/aromatic N) is 2. The molecule has 0 aliphatic carbocycles. The van der Waals surface area contributed by atoms with Crippen LogP contribution in [0.5, 0.6) is 0 Å². The molecule has 90 valence electrons. The standard InChI is InChI=1S/C12H18Cl2N2/c1-3-10-12(14)11(16(4-2)15-10)8-6-5-7-9-13/h5-6H,3-4,7-9H2,1-2H3. The summed E-state index contributed by atoms with van der Waals surface area (Å²) in [6.07, 6.45) is 6.81. The highest BCUT2D eigenvalue weighted by Gasteiger charge is 2.12. The molecule has 0 aliphatic heterocycles. The van der Waals surface area contributed by atoms with Crippen molar-refractivity contribution in [3.05, 3.63) is 28.6 Å². The molecule has 1 aromatic rings. The van der Waals surface area contributed by atoms with Crippen LogP contribution in [0.15, 0.2) is 12.2 Å². The van der Waals surface area contributed by atoms with Crippen molar-refractivity contribution in [1.29, 1.82) is 0 Å². The van der Waals surface area contributed by atoms with Crippen molar-refractivity contribution in [3.8, 4) is 0 Å². The fourth-order valence-electron chi connectivity index (χ4n) is 1.59. The van der Waals surface area contributed by atoms with E-state index in [-0.39, 0.29) is 0 Å². The molecule has 0 saturated carbocycles. The normalized spacial score (nSPS) is 11.5. The Labute approximate surface area is 107 Å². The third-order valence-corrected chi connectivity index (χ3v) is 3.10. The predicted molar refractivity (Wildman–Crippen MR) is 70.5 cm³/mol. The van der Waals surface area contributed by atoms with Crippen LogP contribution in [0.3, 0.4) is 0 Å². The van der Waals surface area contributed by atoms with Gasteiger partial charge in [0.2, 0.25) is 0 Å². The molecule has 1 rings (SSSR count). The zero-order valence-corrected chi connectivity index (χ0v) is 11.4. The minimum atomic E-state index is 0.664. The second-order valence-corrected chi connectivity index (χ2v) is 4.29. The van der Waals surface area contributed by atoms with Crippen molar-refractivity contribution in [2.24, 2.45) is 0 Å². The summed E-state index contributed by atoms with van der Waals surface area (Å²) < 4.78 is 1.98. The Kier molecular flexibility index (Phi) is 5.93. The van der Waals surface area contributed by atoms with E-state index in [1.54, 1.807) is 0 Å². The maximum absolute atomic E-state index is 6.28. The molecule has 16 heavy (non-hydrogen) atoms. The van der Waals surface area contributed by atoms with E-state index in [0.29, 0.717) is 5.88 Å². The second kappa shape index (κ2) is 6.97. The van der Waals surface area contributed by atoms with Crippen molar-refractivity contribution < 1.29 is 0 Å². The largest absolute Gasteiger partial charge is 0.268 e. The summed E-state index contributed by atoms with van der Waals surface area (Å²) in [5.41, 5.74) is 2.09. The van der Waals surface area contributed by atoms with Gasteiger partial charge in [0.25, 0.3) is 0 Å². The lowest BCUT2D eigenvalue weighted by atomic mass is 10.2. The minimum Gasteiger partial charge on any atom is -0.268 e. The van der Waals surface area contributed by atoms with Gasteiger partial charge >= 0.3 is 0 Å². The molecule has 0 aromatic carbocycles. The summed E-state index contributed by atoms with van der Waals surface area (Å²) in [4.78, 5) is 0. The topological polar surface area (TPSA) is 17.8 Å². The zero-order valence-electron chi connectivity index (χ0n) is 9.84. The van der Waals surface area contributed by atoms with Gasteiger partial charge in [0.05, 0.1) is 16.4 Å². The summed E-state index contributed by atoms with van der Waals surface area (Å²) in [5, 5.41) is 5.29. The highest BCUT2D eigenvalue weighted by Crippen LogP contribution is 2.22. The van der Waals surface area contributed by atoms with E-state index in [0.717, 1.165) is 42.2 Å². The molecular weight excluding hydrogens is 243 g/mol. The molecule has 0 saturated heterocycles. The first-order chi connectivity index (χ1) is 7.74. The Hall–Kier alpha value is -0.470. The number of aromatic nitrogens is 2. The lowest BCUT2D eigenvalue weighted by Gasteiger charge is -2.01. The maximum Gasteiger partial charge on any atom is 0.0853 e. The molecule has 0 aliphatic rings. The zero-order chi connectivity index (χ0) is 12.0. The first kappa shape index (κ1) is 13.6. The van der Waals surface area contributed by atoms with Crippen LogP contribution in [-0.2, 0) is 19.4 Å². The Morgan fingerprint density at radius 3 is 2.62 bits per heavy atom. The first-order valence-corrected chi connectivity index (χ1v) is 6.60. The molecule has 0 fully saturated rings. The van der Waals surface area contributed by atoms with Gasteiger partial charge in [0.1, 0.15) is 0 Å². The van der Waals surface area contributed by atoms with Gasteiger partial charge in [-0.3, -0.25) is 4.68 Å². The van der Waals surface area contributed by atoms with Crippen LogP contribution in [-0.4, -0.2) is 15.7 Å². The molecule has 0 bridgehead atoms. The number of aryl methyl sites for hydroxylation is 2. The van der Waals surface area contributed by atoms with Crippen LogP contribution < -0.4 is 0 Å². The Morgan fingerprint density at radius 1 is 1.31 bits per heavy atom. The molecule has 0 atom stereocenters. The Balaban J connectivity index is 2.80. The van der Waals surface area contributed by atoms with E-state index in [1.165, 1.54) is 0 Å². The van der Waals surface area contributed by atoms with Gasteiger partial charge in [-0.15, -0.1) is 11.6 Å². The van der Waals surface area contributed by atoms with E-state index in [2.05, 4.69) is 31.1 Å². The third-order valence-electron chi connectivity index (χ3n) is 2.45. The smallest absolute Gasteiger partial charge is 0.0853 e. The summed E-state index contributed by atoms with van der Waals surface area (Å²) in [7, 11) is 0. The maximum atomic E-state index is 6.28. The third kappa shape index (κ3) is 3.26. The lowest BCUT2D eigenvalue weighted by molar-refractivity contribution is 0.623. The molecule has 0 radical (unpaired) electrons. The van der Waals surface area contributed by atoms with Crippen LogP contribution in [0.25, 0.3) is 0 Å². The summed E-state index contributed by atoms with van der Waals surface area (Å²) in [6.45, 7) is 5.01. The van der Waals surface area contributed by atoms with Crippen molar-refractivity contribution >= 4 is 23.2 Å². The molecule has 0 spiro atoms. The van der Waals surface area contributed by atoms with Gasteiger partial charge in [0, 0.05) is 18.8 Å². The van der Waals surface area contributed by atoms with Gasteiger partial charge in [-0.25, -0.2) is 0 Å². The fourth-order valence-corrected chi connectivity index (χ4v) is 2.06. The van der Waals surface area contributed by atoms with Gasteiger partial charge in [0.15, 0.2) is 0 Å². The summed E-state index contributed by atoms with van der Waals surface area (Å²) in [6, 6.07) is 0. The van der Waals surface area contributed by atoms with Gasteiger partial charge in [-0.2, -0.15) is 5.10 Å². The van der Waals surface area contributed by atoms with Crippen LogP contribution >= 0.6 is 23.2 Å². The second-order valence-electron chi connectivity index (χ2n) is 3.53. The molecule has 2 nitrogen and oxygen atoms in total. The summed E-state index contributed by atoms with van der Waals surface area (Å²) in [5.74, 6) is 0.664. The monoisotopic (exact) mass is 260 g/mol. The fraction of sp³-hybridized carbons (Fsp3) is 0.583. The molecule has 0 amide bonds. The number of hydrogen-bond donors (Lipinski definition) is 0. The number of rotatable bonds is 6. The van der Waals surface area contributed by atoms with Crippen molar-refractivity contribution in [1.82, 2.24) is 9.78 Å². The number of alkyl halides is 1. The van der Waals surface area contributed by atoms with Gasteiger partial charge in [-0.05, 0) is 19.8 Å².